The van der Waals surface area contributed by atoms with Crippen LogP contribution in [0.5, 0.6) is 0 Å². The molecule has 2 heterocycles. The van der Waals surface area contributed by atoms with Gasteiger partial charge in [0, 0.05) is 12.5 Å². The lowest BCUT2D eigenvalue weighted by Crippen LogP contribution is -2.61. The first kappa shape index (κ1) is 9.44. The van der Waals surface area contributed by atoms with Crippen LogP contribution in [0.4, 0.5) is 0 Å². The Balaban J connectivity index is 2.12. The second kappa shape index (κ2) is 2.94. The lowest BCUT2D eigenvalue weighted by molar-refractivity contribution is -0.194. The molecule has 0 bridgehead atoms. The van der Waals surface area contributed by atoms with E-state index in [-0.39, 0.29) is 11.3 Å². The summed E-state index contributed by atoms with van der Waals surface area (Å²) in [4.78, 5) is 0. The van der Waals surface area contributed by atoms with Gasteiger partial charge in [-0.1, -0.05) is 0 Å². The first-order chi connectivity index (χ1) is 6.02. The third kappa shape index (κ3) is 1.87. The highest BCUT2D eigenvalue weighted by Crippen LogP contribution is 2.33. The maximum atomic E-state index is 6.06. The fourth-order valence-corrected chi connectivity index (χ4v) is 2.58. The fourth-order valence-electron chi connectivity index (χ4n) is 2.58. The zero-order valence-corrected chi connectivity index (χ0v) is 8.72. The van der Waals surface area contributed by atoms with Crippen LogP contribution in [0.2, 0.25) is 0 Å². The summed E-state index contributed by atoms with van der Waals surface area (Å²) in [5, 5.41) is 3.50. The van der Waals surface area contributed by atoms with Crippen molar-refractivity contribution in [3.63, 3.8) is 0 Å². The van der Waals surface area contributed by atoms with E-state index in [1.807, 2.05) is 0 Å². The molecular weight excluding hydrogens is 166 g/mol. The maximum absolute atomic E-state index is 6.06. The summed E-state index contributed by atoms with van der Waals surface area (Å²) in [6, 6.07) is 0.519. The average Bonchev–Trinajstić information content (AvgIpc) is 2.31. The average molecular weight is 185 g/mol. The Morgan fingerprint density at radius 2 is 2.15 bits per heavy atom. The van der Waals surface area contributed by atoms with Gasteiger partial charge in [0.2, 0.25) is 0 Å². The van der Waals surface area contributed by atoms with Crippen molar-refractivity contribution >= 4 is 0 Å². The zero-order chi connectivity index (χ0) is 9.53. The van der Waals surface area contributed by atoms with Crippen molar-refractivity contribution < 1.29 is 9.47 Å². The van der Waals surface area contributed by atoms with Gasteiger partial charge in [0.05, 0.1) is 18.8 Å². The van der Waals surface area contributed by atoms with Crippen molar-refractivity contribution in [2.75, 3.05) is 13.2 Å². The Bertz CT molecular complexity index is 197. The Hall–Kier alpha value is -0.120. The van der Waals surface area contributed by atoms with Gasteiger partial charge in [-0.2, -0.15) is 0 Å². The first-order valence-corrected chi connectivity index (χ1v) is 5.07. The third-order valence-corrected chi connectivity index (χ3v) is 2.76. The highest BCUT2D eigenvalue weighted by Gasteiger charge is 2.45. The fraction of sp³-hybridized carbons (Fsp3) is 1.00. The molecule has 2 aliphatic rings. The number of hydrogen-bond acceptors (Lipinski definition) is 3. The van der Waals surface area contributed by atoms with E-state index in [0.29, 0.717) is 12.6 Å². The van der Waals surface area contributed by atoms with Crippen LogP contribution in [0.15, 0.2) is 0 Å². The van der Waals surface area contributed by atoms with Crippen LogP contribution in [0, 0.1) is 0 Å². The van der Waals surface area contributed by atoms with Crippen LogP contribution < -0.4 is 5.32 Å². The summed E-state index contributed by atoms with van der Waals surface area (Å²) in [6.45, 7) is 8.04. The molecule has 76 valence electrons. The van der Waals surface area contributed by atoms with E-state index in [1.165, 1.54) is 0 Å². The molecule has 0 saturated carbocycles. The molecule has 0 radical (unpaired) electrons. The molecule has 2 aliphatic heterocycles. The quantitative estimate of drug-likeness (QED) is 0.616. The third-order valence-electron chi connectivity index (χ3n) is 2.76. The molecule has 1 spiro atoms. The largest absolute Gasteiger partial charge is 0.377 e. The predicted molar refractivity (Wildman–Crippen MR) is 50.5 cm³/mol. The Labute approximate surface area is 79.8 Å². The van der Waals surface area contributed by atoms with E-state index in [9.17, 15) is 0 Å². The van der Waals surface area contributed by atoms with Gasteiger partial charge in [-0.05, 0) is 27.2 Å². The molecular formula is C10H19NO2. The van der Waals surface area contributed by atoms with Crippen molar-refractivity contribution in [2.45, 2.75) is 51.0 Å². The molecule has 2 saturated heterocycles. The van der Waals surface area contributed by atoms with E-state index >= 15 is 0 Å². The van der Waals surface area contributed by atoms with Crippen molar-refractivity contribution in [3.8, 4) is 0 Å². The molecule has 2 atom stereocenters. The molecule has 3 nitrogen and oxygen atoms in total. The minimum Gasteiger partial charge on any atom is -0.377 e. The smallest absolute Gasteiger partial charge is 0.145 e. The molecule has 2 fully saturated rings. The minimum atomic E-state index is -0.193. The van der Waals surface area contributed by atoms with Gasteiger partial charge in [-0.15, -0.1) is 0 Å². The van der Waals surface area contributed by atoms with Crippen molar-refractivity contribution in [2.24, 2.45) is 0 Å². The standard InChI is InChI=1S/C10H19NO2/c1-8-6-9(2,3)13-10(11-8)4-5-12-7-10/h8,11H,4-7H2,1-3H3. The van der Waals surface area contributed by atoms with Crippen LogP contribution in [0.25, 0.3) is 0 Å². The van der Waals surface area contributed by atoms with Gasteiger partial charge >= 0.3 is 0 Å². The first-order valence-electron chi connectivity index (χ1n) is 5.07. The van der Waals surface area contributed by atoms with Crippen LogP contribution in [-0.2, 0) is 9.47 Å². The Morgan fingerprint density at radius 1 is 1.38 bits per heavy atom. The molecule has 13 heavy (non-hydrogen) atoms. The number of ether oxygens (including phenoxy) is 2. The van der Waals surface area contributed by atoms with E-state index in [1.54, 1.807) is 0 Å². The molecule has 2 unspecified atom stereocenters. The summed E-state index contributed by atoms with van der Waals surface area (Å²) < 4.78 is 11.4. The van der Waals surface area contributed by atoms with Crippen molar-refractivity contribution in [3.05, 3.63) is 0 Å². The minimum absolute atomic E-state index is 0.0155. The lowest BCUT2D eigenvalue weighted by Gasteiger charge is -2.46. The van der Waals surface area contributed by atoms with E-state index < -0.39 is 0 Å². The molecule has 0 aromatic rings. The van der Waals surface area contributed by atoms with Gasteiger partial charge in [-0.25, -0.2) is 0 Å². The van der Waals surface area contributed by atoms with E-state index in [0.717, 1.165) is 19.4 Å². The van der Waals surface area contributed by atoms with Crippen molar-refractivity contribution in [1.82, 2.24) is 5.32 Å². The van der Waals surface area contributed by atoms with Gasteiger partial charge in [-0.3, -0.25) is 5.32 Å². The number of nitrogens with one attached hydrogen (secondary N) is 1. The van der Waals surface area contributed by atoms with E-state index in [2.05, 4.69) is 26.1 Å². The monoisotopic (exact) mass is 185 g/mol. The summed E-state index contributed by atoms with van der Waals surface area (Å²) in [7, 11) is 0. The topological polar surface area (TPSA) is 30.5 Å². The molecule has 0 amide bonds. The highest BCUT2D eigenvalue weighted by molar-refractivity contribution is 4.94. The Morgan fingerprint density at radius 3 is 2.69 bits per heavy atom. The van der Waals surface area contributed by atoms with Gasteiger partial charge < -0.3 is 9.47 Å². The molecule has 0 aromatic heterocycles. The SMILES string of the molecule is CC1CC(C)(C)OC2(CCOC2)N1. The normalized spacial score (nSPS) is 44.1. The molecule has 1 N–H and O–H groups in total. The number of hydrogen-bond donors (Lipinski definition) is 1. The molecule has 0 aliphatic carbocycles. The second-order valence-corrected chi connectivity index (χ2v) is 4.91. The molecule has 0 aromatic carbocycles. The van der Waals surface area contributed by atoms with Gasteiger partial charge in [0.25, 0.3) is 0 Å². The zero-order valence-electron chi connectivity index (χ0n) is 8.72. The van der Waals surface area contributed by atoms with E-state index in [4.69, 9.17) is 9.47 Å². The molecule has 3 heteroatoms. The van der Waals surface area contributed by atoms with Crippen LogP contribution in [0.1, 0.15) is 33.6 Å². The van der Waals surface area contributed by atoms with Crippen LogP contribution in [0.3, 0.4) is 0 Å². The van der Waals surface area contributed by atoms with Crippen LogP contribution in [-0.4, -0.2) is 30.6 Å². The van der Waals surface area contributed by atoms with Gasteiger partial charge in [0.1, 0.15) is 5.72 Å². The summed E-state index contributed by atoms with van der Waals surface area (Å²) in [5.41, 5.74) is -0.209. The highest BCUT2D eigenvalue weighted by atomic mass is 16.6. The number of rotatable bonds is 0. The second-order valence-electron chi connectivity index (χ2n) is 4.91. The predicted octanol–water partition coefficient (Wildman–Crippen LogP) is 1.28. The maximum Gasteiger partial charge on any atom is 0.145 e. The molecule has 2 rings (SSSR count). The van der Waals surface area contributed by atoms with Crippen molar-refractivity contribution in [1.29, 1.82) is 0 Å². The summed E-state index contributed by atoms with van der Waals surface area (Å²) in [6.07, 6.45) is 2.04. The Kier molecular flexibility index (Phi) is 2.13. The summed E-state index contributed by atoms with van der Waals surface area (Å²) >= 11 is 0. The lowest BCUT2D eigenvalue weighted by atomic mass is 9.94. The van der Waals surface area contributed by atoms with Gasteiger partial charge in [0.15, 0.2) is 0 Å². The van der Waals surface area contributed by atoms with Crippen LogP contribution >= 0.6 is 0 Å². The summed E-state index contributed by atoms with van der Waals surface area (Å²) in [5.74, 6) is 0.